The number of benzene rings is 1. The Balaban J connectivity index is 1.76. The molecule has 0 saturated heterocycles. The first-order valence-electron chi connectivity index (χ1n) is 7.77. The van der Waals surface area contributed by atoms with E-state index >= 15 is 0 Å². The van der Waals surface area contributed by atoms with E-state index in [9.17, 15) is 4.79 Å². The van der Waals surface area contributed by atoms with Gasteiger partial charge in [-0.3, -0.25) is 14.5 Å². The smallest absolute Gasteiger partial charge is 0.273 e. The van der Waals surface area contributed by atoms with Crippen LogP contribution in [0.1, 0.15) is 11.4 Å². The number of aromatic nitrogens is 4. The largest absolute Gasteiger partial charge is 0.399 e. The van der Waals surface area contributed by atoms with Gasteiger partial charge in [-0.25, -0.2) is 4.98 Å². The zero-order chi connectivity index (χ0) is 17.2. The van der Waals surface area contributed by atoms with E-state index in [-0.39, 0.29) is 5.56 Å². The highest BCUT2D eigenvalue weighted by Crippen LogP contribution is 2.13. The maximum absolute atomic E-state index is 12.6. The van der Waals surface area contributed by atoms with Gasteiger partial charge >= 0.3 is 0 Å². The molecule has 3 heterocycles. The van der Waals surface area contributed by atoms with Crippen molar-refractivity contribution in [1.82, 2.24) is 19.2 Å². The van der Waals surface area contributed by atoms with E-state index in [0.29, 0.717) is 17.0 Å². The van der Waals surface area contributed by atoms with Crippen LogP contribution in [0.15, 0.2) is 71.8 Å². The van der Waals surface area contributed by atoms with Crippen LogP contribution >= 0.6 is 0 Å². The zero-order valence-corrected chi connectivity index (χ0v) is 13.3. The maximum atomic E-state index is 12.6. The van der Waals surface area contributed by atoms with E-state index in [0.717, 1.165) is 11.4 Å². The van der Waals surface area contributed by atoms with Crippen LogP contribution in [0.5, 0.6) is 0 Å². The van der Waals surface area contributed by atoms with Crippen molar-refractivity contribution < 1.29 is 0 Å². The summed E-state index contributed by atoms with van der Waals surface area (Å²) in [5, 5.41) is 0. The molecule has 0 aliphatic carbocycles. The van der Waals surface area contributed by atoms with Gasteiger partial charge in [0.2, 0.25) is 0 Å². The molecule has 6 heteroatoms. The van der Waals surface area contributed by atoms with E-state index in [2.05, 4.69) is 9.97 Å². The summed E-state index contributed by atoms with van der Waals surface area (Å²) in [5.74, 6) is 0. The van der Waals surface area contributed by atoms with Crippen molar-refractivity contribution in [2.75, 3.05) is 5.73 Å². The van der Waals surface area contributed by atoms with Crippen molar-refractivity contribution >= 4 is 23.5 Å². The molecule has 0 aliphatic rings. The Hall–Kier alpha value is -3.67. The first-order chi connectivity index (χ1) is 12.2. The van der Waals surface area contributed by atoms with E-state index < -0.39 is 0 Å². The lowest BCUT2D eigenvalue weighted by atomic mass is 10.3. The number of nitrogens with two attached hydrogens (primary N) is 1. The van der Waals surface area contributed by atoms with Crippen molar-refractivity contribution in [3.8, 4) is 5.69 Å². The fraction of sp³-hybridized carbons (Fsp3) is 0. The number of anilines is 1. The fourth-order valence-corrected chi connectivity index (χ4v) is 2.60. The highest BCUT2D eigenvalue weighted by Gasteiger charge is 2.07. The number of fused-ring (bicyclic) bond motifs is 1. The van der Waals surface area contributed by atoms with Crippen LogP contribution in [0.25, 0.3) is 23.5 Å². The van der Waals surface area contributed by atoms with Gasteiger partial charge in [0.05, 0.1) is 17.1 Å². The summed E-state index contributed by atoms with van der Waals surface area (Å²) in [6.07, 6.45) is 7.14. The lowest BCUT2D eigenvalue weighted by Crippen LogP contribution is -2.19. The lowest BCUT2D eigenvalue weighted by Gasteiger charge is -2.07. The minimum atomic E-state index is -0.160. The quantitative estimate of drug-likeness (QED) is 0.586. The summed E-state index contributed by atoms with van der Waals surface area (Å²) in [6, 6.07) is 16.3. The van der Waals surface area contributed by atoms with Crippen LogP contribution in [-0.2, 0) is 0 Å². The Bertz CT molecular complexity index is 1110. The molecule has 0 spiro atoms. The average molecular weight is 329 g/mol. The number of rotatable bonds is 3. The van der Waals surface area contributed by atoms with E-state index in [1.807, 2.05) is 42.6 Å². The van der Waals surface area contributed by atoms with Crippen LogP contribution in [0.4, 0.5) is 5.69 Å². The number of nitrogen functional groups attached to an aromatic ring is 1. The molecule has 4 aromatic rings. The molecule has 3 aromatic heterocycles. The number of hydrogen-bond donors (Lipinski definition) is 1. The highest BCUT2D eigenvalue weighted by atomic mass is 16.1. The van der Waals surface area contributed by atoms with Gasteiger partial charge in [-0.1, -0.05) is 6.07 Å². The van der Waals surface area contributed by atoms with Gasteiger partial charge in [-0.2, -0.15) is 4.52 Å². The van der Waals surface area contributed by atoms with Gasteiger partial charge < -0.3 is 5.73 Å². The molecular formula is C19H15N5O. The summed E-state index contributed by atoms with van der Waals surface area (Å²) >= 11 is 0. The molecule has 0 aliphatic heterocycles. The Morgan fingerprint density at radius 2 is 1.76 bits per heavy atom. The van der Waals surface area contributed by atoms with Gasteiger partial charge in [0.15, 0.2) is 5.65 Å². The van der Waals surface area contributed by atoms with Crippen LogP contribution in [0.2, 0.25) is 0 Å². The molecule has 0 atom stereocenters. The van der Waals surface area contributed by atoms with E-state index in [1.165, 1.54) is 10.6 Å². The second-order valence-corrected chi connectivity index (χ2v) is 5.53. The molecule has 4 rings (SSSR count). The molecule has 122 valence electrons. The number of pyridine rings is 1. The van der Waals surface area contributed by atoms with Gasteiger partial charge in [-0.05, 0) is 48.6 Å². The molecule has 25 heavy (non-hydrogen) atoms. The van der Waals surface area contributed by atoms with E-state index in [4.69, 9.17) is 5.73 Å². The Morgan fingerprint density at radius 3 is 2.52 bits per heavy atom. The predicted octanol–water partition coefficient (Wildman–Crippen LogP) is 2.63. The van der Waals surface area contributed by atoms with Crippen LogP contribution in [-0.4, -0.2) is 19.2 Å². The molecule has 1 aromatic carbocycles. The number of hydrogen-bond acceptors (Lipinski definition) is 4. The Morgan fingerprint density at radius 1 is 0.960 bits per heavy atom. The minimum absolute atomic E-state index is 0.160. The molecule has 0 unspecified atom stereocenters. The van der Waals surface area contributed by atoms with Crippen molar-refractivity contribution in [3.63, 3.8) is 0 Å². The molecule has 0 bridgehead atoms. The first kappa shape index (κ1) is 14.9. The fourth-order valence-electron chi connectivity index (χ4n) is 2.60. The normalized spacial score (nSPS) is 11.4. The summed E-state index contributed by atoms with van der Waals surface area (Å²) in [7, 11) is 0. The van der Waals surface area contributed by atoms with Crippen molar-refractivity contribution in [2.24, 2.45) is 0 Å². The Kier molecular flexibility index (Phi) is 3.63. The van der Waals surface area contributed by atoms with Gasteiger partial charge in [-0.15, -0.1) is 0 Å². The minimum Gasteiger partial charge on any atom is -0.399 e. The number of nitrogens with zero attached hydrogens (tertiary/aromatic N) is 4. The van der Waals surface area contributed by atoms with Crippen LogP contribution in [0, 0.1) is 0 Å². The third-order valence-corrected chi connectivity index (χ3v) is 3.79. The molecule has 6 nitrogen and oxygen atoms in total. The van der Waals surface area contributed by atoms with Gasteiger partial charge in [0.25, 0.3) is 5.56 Å². The summed E-state index contributed by atoms with van der Waals surface area (Å²) in [6.45, 7) is 0. The second-order valence-electron chi connectivity index (χ2n) is 5.53. The molecule has 0 saturated carbocycles. The molecule has 0 amide bonds. The zero-order valence-electron chi connectivity index (χ0n) is 13.3. The van der Waals surface area contributed by atoms with Crippen molar-refractivity contribution in [3.05, 3.63) is 88.7 Å². The van der Waals surface area contributed by atoms with Gasteiger partial charge in [0.1, 0.15) is 0 Å². The maximum Gasteiger partial charge on any atom is 0.273 e. The summed E-state index contributed by atoms with van der Waals surface area (Å²) < 4.78 is 3.26. The van der Waals surface area contributed by atoms with Crippen molar-refractivity contribution in [1.29, 1.82) is 0 Å². The van der Waals surface area contributed by atoms with Crippen molar-refractivity contribution in [2.45, 2.75) is 0 Å². The third kappa shape index (κ3) is 2.92. The second kappa shape index (κ2) is 6.09. The lowest BCUT2D eigenvalue weighted by molar-refractivity contribution is 0.763. The van der Waals surface area contributed by atoms with Gasteiger partial charge in [0, 0.05) is 30.2 Å². The van der Waals surface area contributed by atoms with Crippen LogP contribution in [0.3, 0.4) is 0 Å². The molecule has 2 N–H and O–H groups in total. The van der Waals surface area contributed by atoms with Crippen LogP contribution < -0.4 is 11.3 Å². The summed E-state index contributed by atoms with van der Waals surface area (Å²) in [5.41, 5.74) is 9.04. The predicted molar refractivity (Wildman–Crippen MR) is 98.4 cm³/mol. The first-order valence-corrected chi connectivity index (χ1v) is 7.77. The Labute approximate surface area is 143 Å². The monoisotopic (exact) mass is 329 g/mol. The standard InChI is InChI=1S/C19H15N5O/c20-14-4-8-17(9-5-14)23-12-10-18-22-16(13-19(25)24(18)23)7-6-15-3-1-2-11-21-15/h1-13H,20H2/b7-6+. The molecule has 0 fully saturated rings. The topological polar surface area (TPSA) is 78.2 Å². The highest BCUT2D eigenvalue weighted by molar-refractivity contribution is 5.66. The third-order valence-electron chi connectivity index (χ3n) is 3.79. The summed E-state index contributed by atoms with van der Waals surface area (Å²) in [4.78, 5) is 21.3. The average Bonchev–Trinajstić information content (AvgIpc) is 3.06. The molecular weight excluding hydrogens is 314 g/mol. The molecule has 0 radical (unpaired) electrons. The SMILES string of the molecule is Nc1ccc(-n2ccc3nc(/C=C/c4ccccn4)cc(=O)n32)cc1. The van der Waals surface area contributed by atoms with E-state index in [1.54, 1.807) is 35.2 Å².